The Hall–Kier alpha value is -0.780. The summed E-state index contributed by atoms with van der Waals surface area (Å²) in [7, 11) is 3.56. The molecule has 0 aliphatic heterocycles. The predicted molar refractivity (Wildman–Crippen MR) is 100 cm³/mol. The topological polar surface area (TPSA) is 45.7 Å². The fourth-order valence-corrected chi connectivity index (χ4v) is 3.59. The van der Waals surface area contributed by atoms with Crippen molar-refractivity contribution in [3.05, 3.63) is 33.3 Å². The maximum Gasteiger partial charge on any atom is 0.191 e. The van der Waals surface area contributed by atoms with Crippen LogP contribution in [-0.2, 0) is 11.3 Å². The summed E-state index contributed by atoms with van der Waals surface area (Å²) in [6, 6.07) is 5.91. The number of hydrogen-bond donors (Lipinski definition) is 2. The van der Waals surface area contributed by atoms with E-state index in [2.05, 4.69) is 31.6 Å². The molecule has 2 N–H and O–H groups in total. The summed E-state index contributed by atoms with van der Waals surface area (Å²) in [5, 5.41) is 7.53. The van der Waals surface area contributed by atoms with Crippen molar-refractivity contribution in [1.82, 2.24) is 10.6 Å². The Morgan fingerprint density at radius 2 is 2.17 bits per heavy atom. The van der Waals surface area contributed by atoms with Crippen LogP contribution in [0.1, 0.15) is 31.2 Å². The molecule has 0 amide bonds. The van der Waals surface area contributed by atoms with Crippen molar-refractivity contribution in [3.8, 4) is 0 Å². The van der Waals surface area contributed by atoms with Crippen LogP contribution in [0.5, 0.6) is 0 Å². The molecule has 1 fully saturated rings. The first kappa shape index (κ1) is 18.6. The zero-order valence-corrected chi connectivity index (χ0v) is 16.1. The molecule has 0 radical (unpaired) electrons. The van der Waals surface area contributed by atoms with Crippen molar-refractivity contribution >= 4 is 33.5 Å². The summed E-state index contributed by atoms with van der Waals surface area (Å²) in [6.45, 7) is 2.41. The third-order valence-corrected chi connectivity index (χ3v) is 5.41. The minimum Gasteiger partial charge on any atom is -0.385 e. The molecule has 0 heterocycles. The zero-order chi connectivity index (χ0) is 16.7. The molecule has 0 aromatic heterocycles. The number of aliphatic imine (C=N–C) groups is 1. The molecule has 128 valence electrons. The van der Waals surface area contributed by atoms with Gasteiger partial charge in [0.05, 0.1) is 0 Å². The molecule has 1 aliphatic carbocycles. The summed E-state index contributed by atoms with van der Waals surface area (Å²) in [4.78, 5) is 4.30. The fraction of sp³-hybridized carbons (Fsp3) is 0.588. The average molecular weight is 403 g/mol. The van der Waals surface area contributed by atoms with E-state index in [9.17, 15) is 0 Å². The lowest BCUT2D eigenvalue weighted by Gasteiger charge is -2.42. The third kappa shape index (κ3) is 5.37. The number of hydrogen-bond acceptors (Lipinski definition) is 2. The molecule has 1 saturated carbocycles. The lowest BCUT2D eigenvalue weighted by atomic mass is 9.67. The van der Waals surface area contributed by atoms with Gasteiger partial charge in [-0.15, -0.1) is 0 Å². The van der Waals surface area contributed by atoms with E-state index >= 15 is 0 Å². The highest BCUT2D eigenvalue weighted by atomic mass is 79.9. The highest BCUT2D eigenvalue weighted by Gasteiger charge is 2.36. The van der Waals surface area contributed by atoms with Crippen molar-refractivity contribution in [3.63, 3.8) is 0 Å². The van der Waals surface area contributed by atoms with Crippen molar-refractivity contribution in [1.29, 1.82) is 0 Å². The van der Waals surface area contributed by atoms with Crippen molar-refractivity contribution in [2.45, 2.75) is 32.2 Å². The van der Waals surface area contributed by atoms with Gasteiger partial charge in [0.2, 0.25) is 0 Å². The van der Waals surface area contributed by atoms with E-state index in [1.54, 1.807) is 14.2 Å². The zero-order valence-electron chi connectivity index (χ0n) is 13.8. The van der Waals surface area contributed by atoms with E-state index in [1.807, 2.05) is 18.2 Å². The molecule has 1 aromatic rings. The molecule has 0 spiro atoms. The van der Waals surface area contributed by atoms with Gasteiger partial charge in [0.1, 0.15) is 0 Å². The lowest BCUT2D eigenvalue weighted by molar-refractivity contribution is 0.0732. The molecule has 4 nitrogen and oxygen atoms in total. The van der Waals surface area contributed by atoms with Crippen LogP contribution >= 0.6 is 27.5 Å². The minimum absolute atomic E-state index is 0.364. The average Bonchev–Trinajstić information content (AvgIpc) is 2.50. The number of ether oxygens (including phenoxy) is 1. The van der Waals surface area contributed by atoms with E-state index in [-0.39, 0.29) is 0 Å². The minimum atomic E-state index is 0.364. The Bertz CT molecular complexity index is 547. The van der Waals surface area contributed by atoms with Gasteiger partial charge in [-0.3, -0.25) is 4.99 Å². The molecule has 23 heavy (non-hydrogen) atoms. The second-order valence-corrected chi connectivity index (χ2v) is 7.43. The van der Waals surface area contributed by atoms with Crippen LogP contribution in [-0.4, -0.2) is 33.3 Å². The van der Waals surface area contributed by atoms with E-state index in [4.69, 9.17) is 16.3 Å². The van der Waals surface area contributed by atoms with Gasteiger partial charge < -0.3 is 15.4 Å². The lowest BCUT2D eigenvalue weighted by Crippen LogP contribution is -2.46. The smallest absolute Gasteiger partial charge is 0.191 e. The first-order valence-electron chi connectivity index (χ1n) is 7.96. The molecule has 1 aliphatic rings. The monoisotopic (exact) mass is 401 g/mol. The number of rotatable bonds is 7. The Kier molecular flexibility index (Phi) is 7.18. The van der Waals surface area contributed by atoms with Gasteiger partial charge in [-0.1, -0.05) is 40.0 Å². The van der Waals surface area contributed by atoms with Crippen molar-refractivity contribution in [2.75, 3.05) is 27.3 Å². The number of guanidine groups is 1. The van der Waals surface area contributed by atoms with E-state index < -0.39 is 0 Å². The summed E-state index contributed by atoms with van der Waals surface area (Å²) >= 11 is 9.67. The number of benzene rings is 1. The normalized spacial score (nSPS) is 16.8. The summed E-state index contributed by atoms with van der Waals surface area (Å²) in [5.41, 5.74) is 1.42. The Morgan fingerprint density at radius 1 is 1.39 bits per heavy atom. The Labute approximate surface area is 152 Å². The van der Waals surface area contributed by atoms with Crippen molar-refractivity contribution in [2.24, 2.45) is 10.4 Å². The van der Waals surface area contributed by atoms with Gasteiger partial charge in [0.25, 0.3) is 0 Å². The first-order valence-corrected chi connectivity index (χ1v) is 9.13. The van der Waals surface area contributed by atoms with Crippen LogP contribution in [0.4, 0.5) is 0 Å². The van der Waals surface area contributed by atoms with Crippen molar-refractivity contribution < 1.29 is 4.74 Å². The SMILES string of the molecule is CN=C(NCc1ccc(Br)cc1Cl)NCC1(CCOC)CCC1. The van der Waals surface area contributed by atoms with Crippen LogP contribution in [0.15, 0.2) is 27.7 Å². The van der Waals surface area contributed by atoms with Crippen LogP contribution in [0, 0.1) is 5.41 Å². The highest BCUT2D eigenvalue weighted by molar-refractivity contribution is 9.10. The Morgan fingerprint density at radius 3 is 2.74 bits per heavy atom. The van der Waals surface area contributed by atoms with Gasteiger partial charge >= 0.3 is 0 Å². The fourth-order valence-electron chi connectivity index (χ4n) is 2.85. The maximum absolute atomic E-state index is 6.25. The highest BCUT2D eigenvalue weighted by Crippen LogP contribution is 2.43. The van der Waals surface area contributed by atoms with Crippen LogP contribution in [0.3, 0.4) is 0 Å². The molecule has 0 bridgehead atoms. The van der Waals surface area contributed by atoms with Crippen LogP contribution in [0.2, 0.25) is 5.02 Å². The molecular formula is C17H25BrClN3O. The quantitative estimate of drug-likeness (QED) is 0.536. The van der Waals surface area contributed by atoms with Gasteiger partial charge in [-0.25, -0.2) is 0 Å². The molecule has 2 rings (SSSR count). The summed E-state index contributed by atoms with van der Waals surface area (Å²) < 4.78 is 6.23. The third-order valence-electron chi connectivity index (χ3n) is 4.57. The number of halogens is 2. The first-order chi connectivity index (χ1) is 11.1. The van der Waals surface area contributed by atoms with Crippen LogP contribution in [0.25, 0.3) is 0 Å². The standard InChI is InChI=1S/C17H25BrClN3O/c1-20-16(21-11-13-4-5-14(18)10-15(13)19)22-12-17(6-3-7-17)8-9-23-2/h4-5,10H,3,6-9,11-12H2,1-2H3,(H2,20,21,22). The largest absolute Gasteiger partial charge is 0.385 e. The Balaban J connectivity index is 1.83. The van der Waals surface area contributed by atoms with Gasteiger partial charge in [0.15, 0.2) is 5.96 Å². The molecular weight excluding hydrogens is 378 g/mol. The maximum atomic E-state index is 6.25. The number of nitrogens with zero attached hydrogens (tertiary/aromatic N) is 1. The molecule has 1 aromatic carbocycles. The summed E-state index contributed by atoms with van der Waals surface area (Å²) in [5.74, 6) is 0.813. The second kappa shape index (κ2) is 8.90. The van der Waals surface area contributed by atoms with Crippen LogP contribution < -0.4 is 10.6 Å². The molecule has 0 unspecified atom stereocenters. The number of methoxy groups -OCH3 is 1. The van der Waals surface area contributed by atoms with E-state index in [0.29, 0.717) is 12.0 Å². The second-order valence-electron chi connectivity index (χ2n) is 6.11. The van der Waals surface area contributed by atoms with E-state index in [0.717, 1.165) is 40.6 Å². The molecule has 6 heteroatoms. The van der Waals surface area contributed by atoms with Gasteiger partial charge in [-0.2, -0.15) is 0 Å². The van der Waals surface area contributed by atoms with Gasteiger partial charge in [-0.05, 0) is 42.4 Å². The predicted octanol–water partition coefficient (Wildman–Crippen LogP) is 3.97. The van der Waals surface area contributed by atoms with Gasteiger partial charge in [0, 0.05) is 43.3 Å². The number of nitrogens with one attached hydrogen (secondary N) is 2. The molecule has 0 saturated heterocycles. The van der Waals surface area contributed by atoms with E-state index in [1.165, 1.54) is 19.3 Å². The molecule has 0 atom stereocenters. The summed E-state index contributed by atoms with van der Waals surface area (Å²) in [6.07, 6.45) is 4.94.